The monoisotopic (exact) mass is 470 g/mol. The third kappa shape index (κ3) is 4.81. The molecule has 0 fully saturated rings. The average molecular weight is 471 g/mol. The molecule has 0 aliphatic carbocycles. The van der Waals surface area contributed by atoms with E-state index < -0.39 is 11.9 Å². The lowest BCUT2D eigenvalue weighted by molar-refractivity contribution is -0.137. The first-order valence-corrected chi connectivity index (χ1v) is 11.3. The lowest BCUT2D eigenvalue weighted by Crippen LogP contribution is -2.21. The summed E-state index contributed by atoms with van der Waals surface area (Å²) in [5.74, 6) is -1.04. The number of carboxylic acid groups (broad SMARTS) is 2. The number of carboxylic acids is 2. The Kier molecular flexibility index (Phi) is 6.23. The van der Waals surface area contributed by atoms with Gasteiger partial charge in [-0.2, -0.15) is 0 Å². The van der Waals surface area contributed by atoms with E-state index in [9.17, 15) is 14.7 Å². The van der Waals surface area contributed by atoms with E-state index in [0.717, 1.165) is 27.1 Å². The zero-order valence-electron chi connectivity index (χ0n) is 16.8. The van der Waals surface area contributed by atoms with Crippen LogP contribution in [0.5, 0.6) is 0 Å². The highest BCUT2D eigenvalue weighted by atomic mass is 32.1. The summed E-state index contributed by atoms with van der Waals surface area (Å²) >= 11 is 2.66. The number of rotatable bonds is 9. The lowest BCUT2D eigenvalue weighted by Gasteiger charge is -2.20. The van der Waals surface area contributed by atoms with Crippen molar-refractivity contribution in [2.45, 2.75) is 19.8 Å². The minimum Gasteiger partial charge on any atom is -0.481 e. The quantitative estimate of drug-likeness (QED) is 0.324. The third-order valence-electron chi connectivity index (χ3n) is 4.48. The largest absolute Gasteiger partial charge is 0.481 e. The summed E-state index contributed by atoms with van der Waals surface area (Å²) in [7, 11) is 0. The van der Waals surface area contributed by atoms with Crippen molar-refractivity contribution in [2.75, 3.05) is 16.8 Å². The van der Waals surface area contributed by atoms with E-state index in [1.54, 1.807) is 11.0 Å². The second-order valence-corrected chi connectivity index (χ2v) is 8.68. The minimum absolute atomic E-state index is 0.0304. The molecule has 1 aromatic carbocycles. The van der Waals surface area contributed by atoms with Gasteiger partial charge in [-0.05, 0) is 37.1 Å². The first kappa shape index (κ1) is 21.6. The molecule has 0 radical (unpaired) electrons. The Labute approximate surface area is 190 Å². The number of para-hydroxylation sites is 1. The Morgan fingerprint density at radius 3 is 2.66 bits per heavy atom. The van der Waals surface area contributed by atoms with Gasteiger partial charge in [-0.25, -0.2) is 14.8 Å². The van der Waals surface area contributed by atoms with E-state index in [1.807, 2.05) is 31.2 Å². The molecule has 3 heterocycles. The van der Waals surface area contributed by atoms with Gasteiger partial charge in [-0.3, -0.25) is 4.79 Å². The second-order valence-electron chi connectivity index (χ2n) is 6.82. The van der Waals surface area contributed by atoms with Gasteiger partial charge in [0.15, 0.2) is 27.6 Å². The summed E-state index contributed by atoms with van der Waals surface area (Å²) in [5.41, 5.74) is 1.62. The maximum Gasteiger partial charge on any atom is 0.355 e. The topological polar surface area (TPSA) is 141 Å². The van der Waals surface area contributed by atoms with Crippen molar-refractivity contribution in [1.82, 2.24) is 20.2 Å². The first-order valence-electron chi connectivity index (χ1n) is 9.56. The predicted molar refractivity (Wildman–Crippen MR) is 123 cm³/mol. The Morgan fingerprint density at radius 2 is 1.97 bits per heavy atom. The molecule has 0 amide bonds. The summed E-state index contributed by atoms with van der Waals surface area (Å²) in [6.45, 7) is 2.17. The van der Waals surface area contributed by atoms with Crippen LogP contribution in [0.1, 0.15) is 28.9 Å². The fourth-order valence-electron chi connectivity index (χ4n) is 2.94. The predicted octanol–water partition coefficient (Wildman–Crippen LogP) is 4.30. The minimum atomic E-state index is -1.13. The summed E-state index contributed by atoms with van der Waals surface area (Å²) in [6, 6.07) is 9.61. The van der Waals surface area contributed by atoms with Crippen molar-refractivity contribution in [3.8, 4) is 0 Å². The number of anilines is 4. The molecule has 12 heteroatoms. The zero-order chi connectivity index (χ0) is 22.7. The number of aryl methyl sites for hydroxylation is 1. The van der Waals surface area contributed by atoms with Crippen molar-refractivity contribution in [3.05, 3.63) is 47.0 Å². The van der Waals surface area contributed by atoms with E-state index in [1.165, 1.54) is 16.7 Å². The number of thiazole rings is 2. The Hall–Kier alpha value is -3.64. The number of carbonyl (C=O) groups is 2. The summed E-state index contributed by atoms with van der Waals surface area (Å²) in [5, 5.41) is 32.4. The third-order valence-corrected chi connectivity index (χ3v) is 6.30. The molecule has 0 atom stereocenters. The summed E-state index contributed by atoms with van der Waals surface area (Å²) in [6.07, 6.45) is 0.307. The Balaban J connectivity index is 1.59. The number of aliphatic carboxylic acids is 1. The molecule has 0 spiro atoms. The van der Waals surface area contributed by atoms with Gasteiger partial charge in [0, 0.05) is 18.3 Å². The van der Waals surface area contributed by atoms with Gasteiger partial charge in [-0.1, -0.05) is 23.5 Å². The molecular formula is C20H18N6O4S2. The molecule has 3 aromatic heterocycles. The number of nitrogens with one attached hydrogen (secondary N) is 1. The van der Waals surface area contributed by atoms with E-state index in [2.05, 4.69) is 25.5 Å². The molecule has 0 saturated carbocycles. The van der Waals surface area contributed by atoms with Crippen LogP contribution >= 0.6 is 22.7 Å². The van der Waals surface area contributed by atoms with E-state index in [0.29, 0.717) is 34.9 Å². The highest BCUT2D eigenvalue weighted by Gasteiger charge is 2.19. The molecule has 0 unspecified atom stereocenters. The molecule has 164 valence electrons. The van der Waals surface area contributed by atoms with Crippen LogP contribution in [0.3, 0.4) is 0 Å². The van der Waals surface area contributed by atoms with Gasteiger partial charge in [-0.15, -0.1) is 21.5 Å². The van der Waals surface area contributed by atoms with E-state index in [4.69, 9.17) is 5.11 Å². The fraction of sp³-hybridized carbons (Fsp3) is 0.200. The molecule has 32 heavy (non-hydrogen) atoms. The van der Waals surface area contributed by atoms with Crippen LogP contribution in [0, 0.1) is 6.92 Å². The van der Waals surface area contributed by atoms with Crippen molar-refractivity contribution in [1.29, 1.82) is 0 Å². The van der Waals surface area contributed by atoms with Crippen LogP contribution in [-0.2, 0) is 4.79 Å². The number of hydrogen-bond donors (Lipinski definition) is 3. The summed E-state index contributed by atoms with van der Waals surface area (Å²) < 4.78 is 1.06. The van der Waals surface area contributed by atoms with Crippen molar-refractivity contribution >= 4 is 66.7 Å². The number of hydrogen-bond acceptors (Lipinski definition) is 10. The molecule has 3 N–H and O–H groups in total. The lowest BCUT2D eigenvalue weighted by atomic mass is 10.2. The van der Waals surface area contributed by atoms with Crippen LogP contribution in [0.15, 0.2) is 35.7 Å². The highest BCUT2D eigenvalue weighted by Crippen LogP contribution is 2.31. The van der Waals surface area contributed by atoms with Crippen LogP contribution < -0.4 is 10.2 Å². The van der Waals surface area contributed by atoms with E-state index in [-0.39, 0.29) is 12.1 Å². The van der Waals surface area contributed by atoms with Crippen LogP contribution in [0.2, 0.25) is 0 Å². The molecule has 0 bridgehead atoms. The maximum absolute atomic E-state index is 11.2. The average Bonchev–Trinajstić information content (AvgIpc) is 3.39. The van der Waals surface area contributed by atoms with Gasteiger partial charge >= 0.3 is 11.9 Å². The molecule has 0 saturated heterocycles. The van der Waals surface area contributed by atoms with Crippen LogP contribution in [-0.4, -0.2) is 48.9 Å². The normalized spacial score (nSPS) is 10.9. The molecular weight excluding hydrogens is 452 g/mol. The van der Waals surface area contributed by atoms with Crippen molar-refractivity contribution in [3.63, 3.8) is 0 Å². The number of nitrogens with zero attached hydrogens (tertiary/aromatic N) is 5. The SMILES string of the molecule is Cc1cc(N(CCCC(=O)O)c2nc(C(=O)O)cs2)nnc1Nc1nc2ccccc2s1. The summed E-state index contributed by atoms with van der Waals surface area (Å²) in [4.78, 5) is 32.5. The number of benzene rings is 1. The molecule has 4 rings (SSSR count). The van der Waals surface area contributed by atoms with E-state index >= 15 is 0 Å². The molecule has 0 aliphatic heterocycles. The molecule has 10 nitrogen and oxygen atoms in total. The standard InChI is InChI=1S/C20H18N6O4S2/c1-11-9-15(24-25-17(11)23-19-21-12-5-2-3-6-14(12)32-19)26(8-4-7-16(27)28)20-22-13(10-31-20)18(29)30/h2-3,5-6,9-10H,4,7-8H2,1H3,(H,27,28)(H,29,30)(H,21,23,25). The van der Waals surface area contributed by atoms with Crippen LogP contribution in [0.25, 0.3) is 10.2 Å². The Morgan fingerprint density at radius 1 is 1.16 bits per heavy atom. The van der Waals surface area contributed by atoms with Gasteiger partial charge in [0.05, 0.1) is 10.2 Å². The number of fused-ring (bicyclic) bond motifs is 1. The first-order chi connectivity index (χ1) is 15.4. The van der Waals surface area contributed by atoms with Gasteiger partial charge < -0.3 is 20.4 Å². The van der Waals surface area contributed by atoms with Crippen molar-refractivity contribution in [2.24, 2.45) is 0 Å². The highest BCUT2D eigenvalue weighted by molar-refractivity contribution is 7.22. The van der Waals surface area contributed by atoms with Crippen LogP contribution in [0.4, 0.5) is 21.9 Å². The van der Waals surface area contributed by atoms with Crippen molar-refractivity contribution < 1.29 is 19.8 Å². The maximum atomic E-state index is 11.2. The number of aromatic carboxylic acids is 1. The molecule has 0 aliphatic rings. The van der Waals surface area contributed by atoms with Gasteiger partial charge in [0.25, 0.3) is 0 Å². The van der Waals surface area contributed by atoms with Gasteiger partial charge in [0.2, 0.25) is 0 Å². The zero-order valence-corrected chi connectivity index (χ0v) is 18.5. The Bertz CT molecular complexity index is 1260. The second kappa shape index (κ2) is 9.24. The van der Waals surface area contributed by atoms with Gasteiger partial charge in [0.1, 0.15) is 0 Å². The molecule has 4 aromatic rings. The number of aromatic nitrogens is 4. The smallest absolute Gasteiger partial charge is 0.355 e. The fourth-order valence-corrected chi connectivity index (χ4v) is 4.64.